The van der Waals surface area contributed by atoms with Gasteiger partial charge in [-0.05, 0) is 77.0 Å². The van der Waals surface area contributed by atoms with E-state index in [4.69, 9.17) is 4.74 Å². The van der Waals surface area contributed by atoms with Gasteiger partial charge in [-0.25, -0.2) is 0 Å². The first kappa shape index (κ1) is 54.3. The Morgan fingerprint density at radius 3 is 1.29 bits per heavy atom. The zero-order valence-corrected chi connectivity index (χ0v) is 37.5. The van der Waals surface area contributed by atoms with Crippen LogP contribution in [0.1, 0.15) is 258 Å². The molecule has 0 aliphatic rings. The Morgan fingerprint density at radius 1 is 0.500 bits per heavy atom. The number of aliphatic hydroxyl groups excluding tert-OH is 2. The molecule has 0 radical (unpaired) electrons. The van der Waals surface area contributed by atoms with E-state index in [-0.39, 0.29) is 24.9 Å². The monoisotopic (exact) mass is 790 g/mol. The van der Waals surface area contributed by atoms with Gasteiger partial charge in [0.25, 0.3) is 0 Å². The number of carbonyl (C=O) groups is 2. The van der Waals surface area contributed by atoms with Crippen LogP contribution in [0.2, 0.25) is 0 Å². The minimum atomic E-state index is -0.789. The molecule has 0 aliphatic heterocycles. The Balaban J connectivity index is 4.62. The molecule has 1 amide bonds. The summed E-state index contributed by atoms with van der Waals surface area (Å²) in [7, 11) is 0. The lowest BCUT2D eigenvalue weighted by molar-refractivity contribution is -0.151. The molecule has 0 aromatic rings. The van der Waals surface area contributed by atoms with Gasteiger partial charge in [-0.3, -0.25) is 9.59 Å². The first-order valence-corrected chi connectivity index (χ1v) is 24.6. The van der Waals surface area contributed by atoms with E-state index >= 15 is 0 Å². The summed E-state index contributed by atoms with van der Waals surface area (Å²) in [4.78, 5) is 26.0. The molecule has 0 aromatic heterocycles. The van der Waals surface area contributed by atoms with E-state index in [9.17, 15) is 19.8 Å². The van der Waals surface area contributed by atoms with Crippen LogP contribution >= 0.6 is 0 Å². The van der Waals surface area contributed by atoms with Crippen molar-refractivity contribution in [3.8, 4) is 0 Å². The zero-order valence-electron chi connectivity index (χ0n) is 37.5. The van der Waals surface area contributed by atoms with Crippen molar-refractivity contribution in [1.29, 1.82) is 0 Å². The molecular weight excluding hydrogens is 695 g/mol. The van der Waals surface area contributed by atoms with Crippen LogP contribution in [-0.4, -0.2) is 46.9 Å². The molecule has 330 valence electrons. The third-order valence-electron chi connectivity index (χ3n) is 11.3. The largest absolute Gasteiger partial charge is 0.462 e. The molecule has 3 unspecified atom stereocenters. The quantitative estimate of drug-likeness (QED) is 0.0324. The number of aliphatic hydroxyl groups is 2. The SMILES string of the molecule is CCCCCCCC/C=C\CCCCCC(=O)OC(CCCCC/C=C/CCCCCCCCC)CC(=O)NC(CO)C(O)CCCCCCCCCCCC. The maximum absolute atomic E-state index is 13.1. The molecule has 56 heavy (non-hydrogen) atoms. The first-order chi connectivity index (χ1) is 27.5. The molecule has 0 rings (SSSR count). The Morgan fingerprint density at radius 2 is 0.857 bits per heavy atom. The first-order valence-electron chi connectivity index (χ1n) is 24.6. The second kappa shape index (κ2) is 44.4. The molecule has 0 fully saturated rings. The average Bonchev–Trinajstić information content (AvgIpc) is 3.19. The summed E-state index contributed by atoms with van der Waals surface area (Å²) in [6.45, 7) is 6.46. The van der Waals surface area contributed by atoms with E-state index in [1.54, 1.807) is 0 Å². The number of hydrogen-bond acceptors (Lipinski definition) is 5. The van der Waals surface area contributed by atoms with Crippen LogP contribution in [0.15, 0.2) is 24.3 Å². The lowest BCUT2D eigenvalue weighted by Gasteiger charge is -2.24. The molecule has 0 saturated heterocycles. The Labute approximate surface area is 348 Å². The summed E-state index contributed by atoms with van der Waals surface area (Å²) < 4.78 is 5.90. The van der Waals surface area contributed by atoms with E-state index in [0.717, 1.165) is 70.6 Å². The minimum Gasteiger partial charge on any atom is -0.462 e. The third kappa shape index (κ3) is 39.2. The summed E-state index contributed by atoms with van der Waals surface area (Å²) in [5, 5.41) is 23.7. The summed E-state index contributed by atoms with van der Waals surface area (Å²) in [6, 6.07) is -0.704. The van der Waals surface area contributed by atoms with Crippen molar-refractivity contribution in [2.75, 3.05) is 6.61 Å². The highest BCUT2D eigenvalue weighted by Gasteiger charge is 2.24. The van der Waals surface area contributed by atoms with Crippen LogP contribution in [0, 0.1) is 0 Å². The molecular formula is C50H95NO5. The molecule has 3 atom stereocenters. The maximum Gasteiger partial charge on any atom is 0.306 e. The average molecular weight is 790 g/mol. The van der Waals surface area contributed by atoms with Crippen LogP contribution in [0.25, 0.3) is 0 Å². The van der Waals surface area contributed by atoms with E-state index in [2.05, 4.69) is 50.4 Å². The number of unbranched alkanes of at least 4 members (excludes halogenated alkanes) is 28. The summed E-state index contributed by atoms with van der Waals surface area (Å²) in [6.07, 6.45) is 49.5. The minimum absolute atomic E-state index is 0.0644. The molecule has 6 nitrogen and oxygen atoms in total. The molecule has 0 saturated carbocycles. The van der Waals surface area contributed by atoms with Gasteiger partial charge in [0.05, 0.1) is 25.2 Å². The molecule has 0 spiro atoms. The van der Waals surface area contributed by atoms with Crippen molar-refractivity contribution in [1.82, 2.24) is 5.32 Å². The molecule has 0 aromatic carbocycles. The fourth-order valence-corrected chi connectivity index (χ4v) is 7.48. The molecule has 0 aliphatic carbocycles. The number of rotatable bonds is 44. The predicted molar refractivity (Wildman–Crippen MR) is 241 cm³/mol. The van der Waals surface area contributed by atoms with Gasteiger partial charge in [0.15, 0.2) is 0 Å². The van der Waals surface area contributed by atoms with E-state index in [1.807, 2.05) is 0 Å². The number of hydrogen-bond donors (Lipinski definition) is 3. The van der Waals surface area contributed by atoms with Crippen molar-refractivity contribution >= 4 is 11.9 Å². The lowest BCUT2D eigenvalue weighted by Crippen LogP contribution is -2.46. The van der Waals surface area contributed by atoms with Crippen molar-refractivity contribution in [2.45, 2.75) is 277 Å². The van der Waals surface area contributed by atoms with Crippen molar-refractivity contribution in [3.63, 3.8) is 0 Å². The maximum atomic E-state index is 13.1. The van der Waals surface area contributed by atoms with Gasteiger partial charge in [-0.2, -0.15) is 0 Å². The predicted octanol–water partition coefficient (Wildman–Crippen LogP) is 14.3. The van der Waals surface area contributed by atoms with E-state index in [1.165, 1.54) is 141 Å². The molecule has 6 heteroatoms. The normalized spacial score (nSPS) is 13.4. The van der Waals surface area contributed by atoms with Gasteiger partial charge < -0.3 is 20.3 Å². The van der Waals surface area contributed by atoms with Crippen LogP contribution in [0.3, 0.4) is 0 Å². The van der Waals surface area contributed by atoms with Gasteiger partial charge >= 0.3 is 5.97 Å². The van der Waals surface area contributed by atoms with Crippen molar-refractivity contribution in [2.24, 2.45) is 0 Å². The summed E-state index contributed by atoms with van der Waals surface area (Å²) in [5.74, 6) is -0.501. The van der Waals surface area contributed by atoms with Gasteiger partial charge in [0.1, 0.15) is 6.10 Å². The van der Waals surface area contributed by atoms with E-state index in [0.29, 0.717) is 19.3 Å². The highest BCUT2D eigenvalue weighted by Crippen LogP contribution is 2.17. The second-order valence-corrected chi connectivity index (χ2v) is 16.9. The molecule has 3 N–H and O–H groups in total. The van der Waals surface area contributed by atoms with Crippen LogP contribution in [-0.2, 0) is 14.3 Å². The van der Waals surface area contributed by atoms with Gasteiger partial charge in [0, 0.05) is 6.42 Å². The smallest absolute Gasteiger partial charge is 0.306 e. The van der Waals surface area contributed by atoms with Gasteiger partial charge in [0.2, 0.25) is 5.91 Å². The zero-order chi connectivity index (χ0) is 41.0. The Kier molecular flexibility index (Phi) is 43.1. The van der Waals surface area contributed by atoms with Gasteiger partial charge in [-0.15, -0.1) is 0 Å². The van der Waals surface area contributed by atoms with Crippen LogP contribution in [0.5, 0.6) is 0 Å². The number of amides is 1. The van der Waals surface area contributed by atoms with Gasteiger partial charge in [-0.1, -0.05) is 193 Å². The van der Waals surface area contributed by atoms with Crippen LogP contribution < -0.4 is 5.32 Å². The van der Waals surface area contributed by atoms with Crippen molar-refractivity contribution in [3.05, 3.63) is 24.3 Å². The standard InChI is InChI=1S/C50H95NO5/c1-4-7-10-13-16-19-22-24-26-27-29-32-35-38-41-46(56-50(55)43-40-37-34-31-28-25-23-20-17-14-11-8-5-2)44-49(54)51-47(45-52)48(53)42-39-36-33-30-21-18-15-12-9-6-3/h25-28,46-48,52-53H,4-24,29-45H2,1-3H3,(H,51,54)/b27-26+,28-25-. The topological polar surface area (TPSA) is 95.9 Å². The fourth-order valence-electron chi connectivity index (χ4n) is 7.48. The Hall–Kier alpha value is -1.66. The number of nitrogens with one attached hydrogen (secondary N) is 1. The highest BCUT2D eigenvalue weighted by atomic mass is 16.5. The fraction of sp³-hybridized carbons (Fsp3) is 0.880. The number of allylic oxidation sites excluding steroid dienone is 4. The third-order valence-corrected chi connectivity index (χ3v) is 11.3. The molecule has 0 bridgehead atoms. The summed E-state index contributed by atoms with van der Waals surface area (Å²) >= 11 is 0. The molecule has 0 heterocycles. The number of ether oxygens (including phenoxy) is 1. The number of esters is 1. The Bertz CT molecular complexity index is 889. The van der Waals surface area contributed by atoms with E-state index < -0.39 is 18.2 Å². The summed E-state index contributed by atoms with van der Waals surface area (Å²) in [5.41, 5.74) is 0. The van der Waals surface area contributed by atoms with Crippen LogP contribution in [0.4, 0.5) is 0 Å². The van der Waals surface area contributed by atoms with Crippen molar-refractivity contribution < 1.29 is 24.5 Å². The number of carbonyl (C=O) groups excluding carboxylic acids is 2. The lowest BCUT2D eigenvalue weighted by atomic mass is 10.0. The highest BCUT2D eigenvalue weighted by molar-refractivity contribution is 5.77. The second-order valence-electron chi connectivity index (χ2n) is 16.9.